The fraction of sp³-hybridized carbons (Fsp3) is 0.857. The first-order valence-electron chi connectivity index (χ1n) is 16.8. The van der Waals surface area contributed by atoms with Gasteiger partial charge in [-0.15, -0.1) is 0 Å². The third-order valence-corrected chi connectivity index (χ3v) is 8.05. The molecule has 0 aromatic carbocycles. The molecule has 0 radical (unpaired) electrons. The molecule has 1 heterocycles. The van der Waals surface area contributed by atoms with Crippen LogP contribution in [0.4, 0.5) is 0 Å². The number of aromatic nitrogens is 1. The van der Waals surface area contributed by atoms with E-state index in [2.05, 4.69) is 42.9 Å². The molecular formula is C35H66N+. The highest BCUT2D eigenvalue weighted by atomic mass is 14.9. The molecule has 1 aromatic rings. The highest BCUT2D eigenvalue weighted by molar-refractivity contribution is 5.07. The Hall–Kier alpha value is -0.850. The lowest BCUT2D eigenvalue weighted by Gasteiger charge is -2.04. The maximum Gasteiger partial charge on any atom is 0.169 e. The van der Waals surface area contributed by atoms with Crippen molar-refractivity contribution >= 4 is 0 Å². The fourth-order valence-electron chi connectivity index (χ4n) is 5.46. The van der Waals surface area contributed by atoms with Crippen LogP contribution in [-0.4, -0.2) is 0 Å². The first kappa shape index (κ1) is 33.2. The van der Waals surface area contributed by atoms with Gasteiger partial charge in [0.1, 0.15) is 6.54 Å². The average molecular weight is 501 g/mol. The fourth-order valence-corrected chi connectivity index (χ4v) is 5.46. The van der Waals surface area contributed by atoms with E-state index >= 15 is 0 Å². The number of unbranched alkanes of at least 4 members (excludes halogenated alkanes) is 24. The Bertz CT molecular complexity index is 534. The Morgan fingerprint density at radius 3 is 1.06 bits per heavy atom. The first-order chi connectivity index (χ1) is 17.9. The molecule has 0 bridgehead atoms. The molecule has 0 aliphatic carbocycles. The van der Waals surface area contributed by atoms with Gasteiger partial charge in [0.25, 0.3) is 0 Å². The summed E-state index contributed by atoms with van der Waals surface area (Å²) in [6.45, 7) is 5.79. The van der Waals surface area contributed by atoms with Crippen molar-refractivity contribution in [2.24, 2.45) is 0 Å². The third kappa shape index (κ3) is 22.4. The average Bonchev–Trinajstić information content (AvgIpc) is 2.90. The summed E-state index contributed by atoms with van der Waals surface area (Å²) in [6, 6.07) is 4.73. The Morgan fingerprint density at radius 2 is 0.694 bits per heavy atom. The molecule has 0 saturated carbocycles. The topological polar surface area (TPSA) is 3.88 Å². The first-order valence-corrected chi connectivity index (χ1v) is 16.8. The van der Waals surface area contributed by atoms with E-state index in [1.807, 2.05) is 0 Å². The van der Waals surface area contributed by atoms with E-state index in [9.17, 15) is 0 Å². The van der Waals surface area contributed by atoms with Gasteiger partial charge < -0.3 is 0 Å². The van der Waals surface area contributed by atoms with Gasteiger partial charge in [-0.3, -0.25) is 0 Å². The lowest BCUT2D eigenvalue weighted by atomic mass is 10.0. The molecule has 1 nitrogen and oxygen atoms in total. The van der Waals surface area contributed by atoms with Crippen LogP contribution < -0.4 is 4.57 Å². The van der Waals surface area contributed by atoms with Crippen molar-refractivity contribution in [2.45, 2.75) is 194 Å². The van der Waals surface area contributed by atoms with Crippen molar-refractivity contribution in [3.05, 3.63) is 30.1 Å². The summed E-state index contributed by atoms with van der Waals surface area (Å²) in [7, 11) is 0. The van der Waals surface area contributed by atoms with E-state index in [1.54, 1.807) is 0 Å². The van der Waals surface area contributed by atoms with Gasteiger partial charge >= 0.3 is 0 Å². The van der Waals surface area contributed by atoms with Gasteiger partial charge in [0.15, 0.2) is 12.4 Å². The van der Waals surface area contributed by atoms with Gasteiger partial charge in [0.2, 0.25) is 0 Å². The summed E-state index contributed by atoms with van der Waals surface area (Å²) in [6.07, 6.45) is 43.2. The Kier molecular flexibility index (Phi) is 25.1. The zero-order chi connectivity index (χ0) is 25.8. The molecule has 0 N–H and O–H groups in total. The summed E-state index contributed by atoms with van der Waals surface area (Å²) in [4.78, 5) is 0. The van der Waals surface area contributed by atoms with Crippen LogP contribution in [0.1, 0.15) is 186 Å². The summed E-state index contributed by atoms with van der Waals surface area (Å²) >= 11 is 0. The Morgan fingerprint density at radius 1 is 0.389 bits per heavy atom. The Balaban J connectivity index is 1.85. The smallest absolute Gasteiger partial charge is 0.169 e. The largest absolute Gasteiger partial charge is 0.205 e. The maximum atomic E-state index is 2.39. The quantitative estimate of drug-likeness (QED) is 0.0795. The van der Waals surface area contributed by atoms with Gasteiger partial charge in [-0.1, -0.05) is 162 Å². The molecule has 0 spiro atoms. The molecule has 1 aromatic heterocycles. The van der Waals surface area contributed by atoms with E-state index in [-0.39, 0.29) is 0 Å². The number of nitrogens with zero attached hydrogens (tertiary/aromatic N) is 1. The van der Waals surface area contributed by atoms with Crippen molar-refractivity contribution in [3.63, 3.8) is 0 Å². The van der Waals surface area contributed by atoms with Crippen molar-refractivity contribution in [2.75, 3.05) is 0 Å². The minimum Gasteiger partial charge on any atom is -0.205 e. The molecule has 0 fully saturated rings. The molecule has 0 saturated heterocycles. The second-order valence-corrected chi connectivity index (χ2v) is 11.7. The van der Waals surface area contributed by atoms with Crippen LogP contribution in [0.25, 0.3) is 0 Å². The second kappa shape index (κ2) is 27.2. The minimum atomic E-state index is 1.19. The molecule has 0 atom stereocenters. The normalized spacial score (nSPS) is 11.4. The van der Waals surface area contributed by atoms with E-state index in [0.717, 1.165) is 0 Å². The standard InChI is InChI=1S/C35H66N/c1-3-5-7-9-11-13-15-17-18-19-21-23-25-27-29-35-30-33-36(34-31-35)32-28-26-24-22-20-16-14-12-10-8-6-4-2/h30-31,33-34H,3-29,32H2,1-2H3/q+1. The zero-order valence-corrected chi connectivity index (χ0v) is 25.1. The highest BCUT2D eigenvalue weighted by Gasteiger charge is 2.02. The number of aryl methyl sites for hydroxylation is 2. The minimum absolute atomic E-state index is 1.19. The van der Waals surface area contributed by atoms with Crippen molar-refractivity contribution in [1.29, 1.82) is 0 Å². The van der Waals surface area contributed by atoms with Gasteiger partial charge in [-0.05, 0) is 24.8 Å². The van der Waals surface area contributed by atoms with E-state index in [4.69, 9.17) is 0 Å². The summed E-state index contributed by atoms with van der Waals surface area (Å²) in [5.41, 5.74) is 1.53. The van der Waals surface area contributed by atoms with Gasteiger partial charge in [0, 0.05) is 18.6 Å². The van der Waals surface area contributed by atoms with Crippen LogP contribution in [0, 0.1) is 0 Å². The lowest BCUT2D eigenvalue weighted by Crippen LogP contribution is -2.32. The van der Waals surface area contributed by atoms with Crippen molar-refractivity contribution in [3.8, 4) is 0 Å². The highest BCUT2D eigenvalue weighted by Crippen LogP contribution is 2.14. The van der Waals surface area contributed by atoms with Crippen molar-refractivity contribution < 1.29 is 4.57 Å². The van der Waals surface area contributed by atoms with Crippen LogP contribution in [0.15, 0.2) is 24.5 Å². The summed E-state index contributed by atoms with van der Waals surface area (Å²) < 4.78 is 2.39. The van der Waals surface area contributed by atoms with Crippen LogP contribution in [-0.2, 0) is 13.0 Å². The van der Waals surface area contributed by atoms with Crippen molar-refractivity contribution in [1.82, 2.24) is 0 Å². The lowest BCUT2D eigenvalue weighted by molar-refractivity contribution is -0.697. The number of hydrogen-bond acceptors (Lipinski definition) is 0. The third-order valence-electron chi connectivity index (χ3n) is 8.05. The van der Waals surface area contributed by atoms with Gasteiger partial charge in [-0.25, -0.2) is 4.57 Å². The molecule has 210 valence electrons. The van der Waals surface area contributed by atoms with E-state index in [0.29, 0.717) is 0 Å². The molecule has 36 heavy (non-hydrogen) atoms. The summed E-state index contributed by atoms with van der Waals surface area (Å²) in [5.74, 6) is 0. The predicted octanol–water partition coefficient (Wildman–Crippen LogP) is 11.7. The van der Waals surface area contributed by atoms with Crippen LogP contribution in [0.5, 0.6) is 0 Å². The predicted molar refractivity (Wildman–Crippen MR) is 162 cm³/mol. The van der Waals surface area contributed by atoms with E-state index in [1.165, 1.54) is 185 Å². The molecule has 0 amide bonds. The second-order valence-electron chi connectivity index (χ2n) is 11.7. The molecule has 1 heteroatoms. The SMILES string of the molecule is CCCCCCCCCCCCCCCCc1cc[n+](CCCCCCCCCCCCCC)cc1. The van der Waals surface area contributed by atoms with E-state index < -0.39 is 0 Å². The van der Waals surface area contributed by atoms with Crippen LogP contribution in [0.3, 0.4) is 0 Å². The number of pyridine rings is 1. The molecule has 0 unspecified atom stereocenters. The molecule has 1 rings (SSSR count). The monoisotopic (exact) mass is 501 g/mol. The van der Waals surface area contributed by atoms with Crippen LogP contribution in [0.2, 0.25) is 0 Å². The molecular weight excluding hydrogens is 434 g/mol. The zero-order valence-electron chi connectivity index (χ0n) is 25.1. The van der Waals surface area contributed by atoms with Gasteiger partial charge in [-0.2, -0.15) is 0 Å². The van der Waals surface area contributed by atoms with Gasteiger partial charge in [0.05, 0.1) is 0 Å². The maximum absolute atomic E-state index is 2.39. The molecule has 0 aliphatic heterocycles. The summed E-state index contributed by atoms with van der Waals surface area (Å²) in [5, 5.41) is 0. The number of hydrogen-bond donors (Lipinski definition) is 0. The van der Waals surface area contributed by atoms with Crippen LogP contribution >= 0.6 is 0 Å². The number of rotatable bonds is 28. The molecule has 0 aliphatic rings. The Labute approximate surface area is 228 Å².